The van der Waals surface area contributed by atoms with Crippen molar-refractivity contribution in [3.8, 4) is 5.75 Å². The minimum atomic E-state index is -4.12. The molecule has 3 aromatic carbocycles. The number of methoxy groups -OCH3 is 1. The van der Waals surface area contributed by atoms with Crippen LogP contribution in [0.5, 0.6) is 5.75 Å². The van der Waals surface area contributed by atoms with E-state index in [0.29, 0.717) is 17.4 Å². The maximum absolute atomic E-state index is 13.8. The highest BCUT2D eigenvalue weighted by molar-refractivity contribution is 7.89. The Morgan fingerprint density at radius 3 is 2.11 bits per heavy atom. The van der Waals surface area contributed by atoms with Crippen LogP contribution >= 0.6 is 0 Å². The second-order valence-electron chi connectivity index (χ2n) is 9.24. The lowest BCUT2D eigenvalue weighted by Crippen LogP contribution is -2.45. The Hall–Kier alpha value is -3.49. The molecule has 3 aromatic rings. The first-order valence-corrected chi connectivity index (χ1v) is 13.2. The molecule has 0 aromatic heterocycles. The van der Waals surface area contributed by atoms with E-state index < -0.39 is 27.9 Å². The average molecular weight is 507 g/mol. The molecule has 1 heterocycles. The number of carbonyl (C=O) groups is 2. The van der Waals surface area contributed by atoms with E-state index in [1.807, 2.05) is 43.3 Å². The van der Waals surface area contributed by atoms with Gasteiger partial charge >= 0.3 is 0 Å². The number of ether oxygens (including phenoxy) is 1. The molecule has 0 spiro atoms. The summed E-state index contributed by atoms with van der Waals surface area (Å²) >= 11 is 0. The molecule has 1 aliphatic rings. The minimum Gasteiger partial charge on any atom is -0.497 e. The van der Waals surface area contributed by atoms with Gasteiger partial charge in [-0.05, 0) is 60.4 Å². The fourth-order valence-electron chi connectivity index (χ4n) is 4.24. The first-order valence-electron chi connectivity index (χ1n) is 11.8. The molecular formula is C28H30N2O5S. The van der Waals surface area contributed by atoms with Crippen molar-refractivity contribution in [1.82, 2.24) is 4.31 Å². The molecule has 1 fully saturated rings. The van der Waals surface area contributed by atoms with Gasteiger partial charge in [0.1, 0.15) is 11.8 Å². The molecule has 2 amide bonds. The van der Waals surface area contributed by atoms with Crippen molar-refractivity contribution < 1.29 is 22.7 Å². The van der Waals surface area contributed by atoms with Gasteiger partial charge in [0, 0.05) is 6.54 Å². The summed E-state index contributed by atoms with van der Waals surface area (Å²) in [5, 5.41) is 0. The van der Waals surface area contributed by atoms with Gasteiger partial charge in [-0.15, -0.1) is 0 Å². The summed E-state index contributed by atoms with van der Waals surface area (Å²) in [6.45, 7) is 6.02. The van der Waals surface area contributed by atoms with Crippen LogP contribution in [-0.2, 0) is 26.2 Å². The van der Waals surface area contributed by atoms with Gasteiger partial charge in [0.25, 0.3) is 5.91 Å². The smallest absolute Gasteiger partial charge is 0.252 e. The van der Waals surface area contributed by atoms with E-state index in [4.69, 9.17) is 4.74 Å². The van der Waals surface area contributed by atoms with E-state index in [1.54, 1.807) is 24.3 Å². The monoisotopic (exact) mass is 506 g/mol. The number of imide groups is 1. The third kappa shape index (κ3) is 5.05. The zero-order valence-electron chi connectivity index (χ0n) is 20.8. The molecule has 0 saturated carbocycles. The average Bonchev–Trinajstić information content (AvgIpc) is 3.16. The Bertz CT molecular complexity index is 1350. The lowest BCUT2D eigenvalue weighted by atomic mass is 10.0. The fourth-order valence-corrected chi connectivity index (χ4v) is 5.81. The quantitative estimate of drug-likeness (QED) is 0.415. The molecule has 188 valence electrons. The van der Waals surface area contributed by atoms with Crippen LogP contribution in [-0.4, -0.2) is 37.7 Å². The van der Waals surface area contributed by atoms with E-state index in [-0.39, 0.29) is 17.9 Å². The van der Waals surface area contributed by atoms with Gasteiger partial charge < -0.3 is 4.74 Å². The second-order valence-corrected chi connectivity index (χ2v) is 11.1. The largest absolute Gasteiger partial charge is 0.497 e. The van der Waals surface area contributed by atoms with Crippen molar-refractivity contribution in [1.29, 1.82) is 0 Å². The molecule has 36 heavy (non-hydrogen) atoms. The van der Waals surface area contributed by atoms with Gasteiger partial charge in [0.15, 0.2) is 0 Å². The van der Waals surface area contributed by atoms with Crippen molar-refractivity contribution in [3.63, 3.8) is 0 Å². The zero-order chi connectivity index (χ0) is 26.0. The number of hydrogen-bond acceptors (Lipinski definition) is 5. The van der Waals surface area contributed by atoms with Crippen molar-refractivity contribution in [2.45, 2.75) is 50.6 Å². The third-order valence-corrected chi connectivity index (χ3v) is 8.28. The summed E-state index contributed by atoms with van der Waals surface area (Å²) in [5.41, 5.74) is 3.27. The molecule has 1 atom stereocenters. The summed E-state index contributed by atoms with van der Waals surface area (Å²) in [7, 11) is -2.62. The maximum Gasteiger partial charge on any atom is 0.252 e. The maximum atomic E-state index is 13.8. The number of aryl methyl sites for hydroxylation is 1. The molecule has 7 nitrogen and oxygen atoms in total. The summed E-state index contributed by atoms with van der Waals surface area (Å²) in [4.78, 5) is 27.7. The number of carbonyl (C=O) groups excluding carboxylic acids is 2. The topological polar surface area (TPSA) is 84.0 Å². The normalized spacial score (nSPS) is 16.3. The SMILES string of the molecule is COc1ccc(S(=O)(=O)N(Cc2ccc(C)cc2)C2CC(=O)N(c3ccc(C(C)C)cc3)C2=O)cc1. The Labute approximate surface area is 212 Å². The lowest BCUT2D eigenvalue weighted by Gasteiger charge is -2.27. The number of amides is 2. The highest BCUT2D eigenvalue weighted by Crippen LogP contribution is 2.32. The molecule has 1 unspecified atom stereocenters. The molecule has 0 N–H and O–H groups in total. The number of hydrogen-bond donors (Lipinski definition) is 0. The Morgan fingerprint density at radius 2 is 1.56 bits per heavy atom. The Balaban J connectivity index is 1.72. The molecule has 1 aliphatic heterocycles. The fraction of sp³-hybridized carbons (Fsp3) is 0.286. The number of anilines is 1. The van der Waals surface area contributed by atoms with E-state index in [0.717, 1.165) is 25.9 Å². The van der Waals surface area contributed by atoms with Crippen LogP contribution in [0.3, 0.4) is 0 Å². The lowest BCUT2D eigenvalue weighted by molar-refractivity contribution is -0.122. The number of benzene rings is 3. The summed E-state index contributed by atoms with van der Waals surface area (Å²) in [6.07, 6.45) is -0.230. The first-order chi connectivity index (χ1) is 17.1. The molecule has 0 bridgehead atoms. The van der Waals surface area contributed by atoms with Crippen LogP contribution < -0.4 is 9.64 Å². The second kappa shape index (κ2) is 10.2. The number of nitrogens with zero attached hydrogens (tertiary/aromatic N) is 2. The molecule has 8 heteroatoms. The number of rotatable bonds is 8. The van der Waals surface area contributed by atoms with E-state index >= 15 is 0 Å². The van der Waals surface area contributed by atoms with Gasteiger partial charge in [-0.25, -0.2) is 13.3 Å². The highest BCUT2D eigenvalue weighted by atomic mass is 32.2. The van der Waals surface area contributed by atoms with Gasteiger partial charge in [-0.1, -0.05) is 55.8 Å². The van der Waals surface area contributed by atoms with Gasteiger partial charge in [0.2, 0.25) is 15.9 Å². The van der Waals surface area contributed by atoms with Gasteiger partial charge in [-0.3, -0.25) is 9.59 Å². The van der Waals surface area contributed by atoms with Crippen LogP contribution in [0.15, 0.2) is 77.7 Å². The Morgan fingerprint density at radius 1 is 0.944 bits per heavy atom. The standard InChI is InChI=1S/C28H30N2O5S/c1-19(2)22-9-11-23(12-10-22)30-27(31)17-26(28(30)32)29(18-21-7-5-20(3)6-8-21)36(33,34)25-15-13-24(35-4)14-16-25/h5-16,19,26H,17-18H2,1-4H3. The highest BCUT2D eigenvalue weighted by Gasteiger charge is 2.47. The Kier molecular flexibility index (Phi) is 7.28. The van der Waals surface area contributed by atoms with Crippen LogP contribution in [0.1, 0.15) is 42.9 Å². The van der Waals surface area contributed by atoms with E-state index in [2.05, 4.69) is 13.8 Å². The van der Waals surface area contributed by atoms with Crippen molar-refractivity contribution in [2.75, 3.05) is 12.0 Å². The van der Waals surface area contributed by atoms with Crippen molar-refractivity contribution in [3.05, 3.63) is 89.5 Å². The van der Waals surface area contributed by atoms with Crippen molar-refractivity contribution >= 4 is 27.5 Å². The van der Waals surface area contributed by atoms with E-state index in [9.17, 15) is 18.0 Å². The first kappa shape index (κ1) is 25.6. The van der Waals surface area contributed by atoms with Gasteiger partial charge in [-0.2, -0.15) is 4.31 Å². The molecule has 4 rings (SSSR count). The van der Waals surface area contributed by atoms with Crippen molar-refractivity contribution in [2.24, 2.45) is 0 Å². The van der Waals surface area contributed by atoms with Crippen LogP contribution in [0.25, 0.3) is 0 Å². The predicted molar refractivity (Wildman–Crippen MR) is 138 cm³/mol. The summed E-state index contributed by atoms with van der Waals surface area (Å²) in [6, 6.07) is 19.5. The van der Waals surface area contributed by atoms with Crippen LogP contribution in [0.4, 0.5) is 5.69 Å². The predicted octanol–water partition coefficient (Wildman–Crippen LogP) is 4.65. The zero-order valence-corrected chi connectivity index (χ0v) is 21.7. The molecular weight excluding hydrogens is 476 g/mol. The van der Waals surface area contributed by atoms with E-state index in [1.165, 1.54) is 19.2 Å². The number of sulfonamides is 1. The minimum absolute atomic E-state index is 0.0235. The van der Waals surface area contributed by atoms with Gasteiger partial charge in [0.05, 0.1) is 24.1 Å². The molecule has 1 saturated heterocycles. The van der Waals surface area contributed by atoms with Crippen LogP contribution in [0, 0.1) is 6.92 Å². The third-order valence-electron chi connectivity index (χ3n) is 6.41. The molecule has 0 aliphatic carbocycles. The summed E-state index contributed by atoms with van der Waals surface area (Å²) in [5.74, 6) is -0.166. The molecule has 0 radical (unpaired) electrons. The summed E-state index contributed by atoms with van der Waals surface area (Å²) < 4.78 is 33.9. The van der Waals surface area contributed by atoms with Crippen LogP contribution in [0.2, 0.25) is 0 Å².